The van der Waals surface area contributed by atoms with Crippen molar-refractivity contribution in [3.8, 4) is 0 Å². The molecule has 1 heterocycles. The summed E-state index contributed by atoms with van der Waals surface area (Å²) in [6.45, 7) is -0.218. The third-order valence-electron chi connectivity index (χ3n) is 5.63. The second-order valence-corrected chi connectivity index (χ2v) is 11.0. The van der Waals surface area contributed by atoms with Gasteiger partial charge in [0.25, 0.3) is 0 Å². The molecule has 1 aliphatic carbocycles. The Bertz CT molecular complexity index is 1200. The van der Waals surface area contributed by atoms with E-state index < -0.39 is 39.3 Å². The van der Waals surface area contributed by atoms with Crippen molar-refractivity contribution in [3.05, 3.63) is 70.7 Å². The van der Waals surface area contributed by atoms with Crippen LogP contribution in [-0.2, 0) is 41.6 Å². The minimum absolute atomic E-state index is 0.0390. The summed E-state index contributed by atoms with van der Waals surface area (Å²) in [6, 6.07) is 9.10. The number of carbonyl (C=O) groups is 2. The molecule has 4 nitrogen and oxygen atoms in total. The van der Waals surface area contributed by atoms with Gasteiger partial charge in [0.15, 0.2) is 0 Å². The molecular formula is C23H19AsF4NO3. The number of aliphatic carboxylic acids is 1. The second-order valence-electron chi connectivity index (χ2n) is 7.86. The van der Waals surface area contributed by atoms with E-state index in [1.54, 1.807) is 10.6 Å². The predicted octanol–water partition coefficient (Wildman–Crippen LogP) is 4.63. The van der Waals surface area contributed by atoms with Crippen LogP contribution in [0.3, 0.4) is 0 Å². The monoisotopic (exact) mass is 508 g/mol. The van der Waals surface area contributed by atoms with Crippen molar-refractivity contribution in [3.63, 3.8) is 0 Å². The molecule has 9 heteroatoms. The van der Waals surface area contributed by atoms with Crippen LogP contribution >= 0.6 is 0 Å². The third-order valence-corrected chi connectivity index (χ3v) is 8.26. The molecule has 0 spiro atoms. The molecule has 1 aliphatic rings. The summed E-state index contributed by atoms with van der Waals surface area (Å²) in [6.07, 6.45) is -2.68. The van der Waals surface area contributed by atoms with Gasteiger partial charge < -0.3 is 0 Å². The number of hydrogen-bond donors (Lipinski definition) is 1. The fourth-order valence-corrected chi connectivity index (χ4v) is 6.86. The zero-order valence-electron chi connectivity index (χ0n) is 16.8. The van der Waals surface area contributed by atoms with Crippen LogP contribution in [0.4, 0.5) is 17.6 Å². The Morgan fingerprint density at radius 1 is 1.16 bits per heavy atom. The van der Waals surface area contributed by atoms with Crippen molar-refractivity contribution in [2.45, 2.75) is 43.1 Å². The Balaban J connectivity index is 1.52. The quantitative estimate of drug-likeness (QED) is 0.390. The number of alkyl halides is 3. The van der Waals surface area contributed by atoms with Gasteiger partial charge in [-0.05, 0) is 0 Å². The number of carbonyl (C=O) groups excluding carboxylic acids is 1. The topological polar surface area (TPSA) is 59.3 Å². The Hall–Kier alpha value is -2.60. The number of hydrogen-bond acceptors (Lipinski definition) is 2. The standard InChI is InChI=1S/C23H19AsF4NO3/c25-16-5-7-20-18(11-16)17-10-15(4-6-19(17)29(20)12-22(31)32)24-21(30)9-13-2-1-3-14(8-13)23(26,27)28/h1-3,5,7-8,11,15H,4,6,9-10,12H2,(H,31,32)/t15-/m0/s1. The number of benzene rings is 2. The van der Waals surface area contributed by atoms with Crippen LogP contribution < -0.4 is 0 Å². The number of aromatic nitrogens is 1. The van der Waals surface area contributed by atoms with Crippen LogP contribution in [0.5, 0.6) is 0 Å². The second kappa shape index (κ2) is 8.74. The van der Waals surface area contributed by atoms with E-state index in [-0.39, 0.29) is 22.2 Å². The molecule has 2 aromatic carbocycles. The van der Waals surface area contributed by atoms with E-state index >= 15 is 0 Å². The van der Waals surface area contributed by atoms with Gasteiger partial charge in [-0.2, -0.15) is 0 Å². The molecule has 1 aromatic heterocycles. The van der Waals surface area contributed by atoms with E-state index in [9.17, 15) is 32.3 Å². The molecule has 0 unspecified atom stereocenters. The molecule has 0 amide bonds. The van der Waals surface area contributed by atoms with Crippen molar-refractivity contribution in [1.82, 2.24) is 4.57 Å². The van der Waals surface area contributed by atoms with Crippen molar-refractivity contribution >= 4 is 37.2 Å². The zero-order chi connectivity index (χ0) is 23.0. The number of fused-ring (bicyclic) bond motifs is 3. The van der Waals surface area contributed by atoms with Crippen LogP contribution in [-0.4, -0.2) is 36.0 Å². The van der Waals surface area contributed by atoms with Gasteiger partial charge in [0.05, 0.1) is 0 Å². The molecule has 4 rings (SSSR count). The number of carboxylic acids is 1. The molecule has 0 saturated carbocycles. The van der Waals surface area contributed by atoms with E-state index in [4.69, 9.17) is 0 Å². The van der Waals surface area contributed by atoms with Gasteiger partial charge in [-0.15, -0.1) is 0 Å². The molecule has 3 aromatic rings. The summed E-state index contributed by atoms with van der Waals surface area (Å²) < 4.78 is 54.3. The molecule has 1 atom stereocenters. The van der Waals surface area contributed by atoms with E-state index in [0.29, 0.717) is 35.7 Å². The molecule has 0 aliphatic heterocycles. The van der Waals surface area contributed by atoms with Gasteiger partial charge >= 0.3 is 188 Å². The molecule has 0 saturated heterocycles. The Morgan fingerprint density at radius 3 is 2.66 bits per heavy atom. The first-order valence-electron chi connectivity index (χ1n) is 10.0. The van der Waals surface area contributed by atoms with Crippen LogP contribution in [0.2, 0.25) is 4.71 Å². The van der Waals surface area contributed by atoms with E-state index in [2.05, 4.69) is 0 Å². The molecule has 1 N–H and O–H groups in total. The van der Waals surface area contributed by atoms with Gasteiger partial charge in [0.2, 0.25) is 0 Å². The fraction of sp³-hybridized carbons (Fsp3) is 0.304. The third kappa shape index (κ3) is 4.75. The average molecular weight is 508 g/mol. The van der Waals surface area contributed by atoms with Crippen molar-refractivity contribution in [2.75, 3.05) is 0 Å². The summed E-state index contributed by atoms with van der Waals surface area (Å²) >= 11 is -0.789. The van der Waals surface area contributed by atoms with Gasteiger partial charge in [-0.1, -0.05) is 0 Å². The van der Waals surface area contributed by atoms with Gasteiger partial charge in [-0.25, -0.2) is 0 Å². The van der Waals surface area contributed by atoms with Crippen LogP contribution in [0.15, 0.2) is 42.5 Å². The van der Waals surface area contributed by atoms with E-state index in [1.807, 2.05) is 0 Å². The van der Waals surface area contributed by atoms with Gasteiger partial charge in [0, 0.05) is 0 Å². The van der Waals surface area contributed by atoms with Gasteiger partial charge in [-0.3, -0.25) is 0 Å². The van der Waals surface area contributed by atoms with Crippen molar-refractivity contribution in [2.24, 2.45) is 0 Å². The Labute approximate surface area is 187 Å². The fourth-order valence-electron chi connectivity index (χ4n) is 4.31. The Morgan fingerprint density at radius 2 is 1.94 bits per heavy atom. The predicted molar refractivity (Wildman–Crippen MR) is 111 cm³/mol. The van der Waals surface area contributed by atoms with Crippen molar-refractivity contribution in [1.29, 1.82) is 0 Å². The molecule has 0 bridgehead atoms. The minimum atomic E-state index is -4.45. The normalized spacial score (nSPS) is 16.6. The number of nitrogens with zero attached hydrogens (tertiary/aromatic N) is 1. The SMILES string of the molecule is O=C(O)Cn1c2c(c3cc(F)ccc31)C[C@@H]([As]C(=O)Cc1cccc(C(F)(F)F)c1)CC2. The first-order chi connectivity index (χ1) is 15.1. The molecule has 32 heavy (non-hydrogen) atoms. The molecule has 1 radical (unpaired) electrons. The summed E-state index contributed by atoms with van der Waals surface area (Å²) in [7, 11) is 0. The molecule has 0 fully saturated rings. The number of rotatable bonds is 6. The number of carboxylic acid groups (broad SMARTS) is 1. The van der Waals surface area contributed by atoms with Crippen LogP contribution in [0, 0.1) is 5.82 Å². The first-order valence-corrected chi connectivity index (χ1v) is 12.0. The Kier molecular flexibility index (Phi) is 6.17. The van der Waals surface area contributed by atoms with Gasteiger partial charge in [0.1, 0.15) is 0 Å². The first kappa shape index (κ1) is 22.6. The maximum atomic E-state index is 13.9. The molecule has 167 valence electrons. The summed E-state index contributed by atoms with van der Waals surface area (Å²) in [5, 5.41) is 9.94. The summed E-state index contributed by atoms with van der Waals surface area (Å²) in [4.78, 5) is 24.0. The number of halogens is 4. The van der Waals surface area contributed by atoms with E-state index in [0.717, 1.165) is 23.4 Å². The maximum absolute atomic E-state index is 13.9. The summed E-state index contributed by atoms with van der Waals surface area (Å²) in [5.74, 6) is -1.40. The summed E-state index contributed by atoms with van der Waals surface area (Å²) in [5.41, 5.74) is 1.97. The molecular weight excluding hydrogens is 489 g/mol. The van der Waals surface area contributed by atoms with Crippen LogP contribution in [0.25, 0.3) is 10.9 Å². The average Bonchev–Trinajstić information content (AvgIpc) is 2.99. The van der Waals surface area contributed by atoms with Crippen molar-refractivity contribution < 1.29 is 32.3 Å². The van der Waals surface area contributed by atoms with Crippen LogP contribution in [0.1, 0.15) is 28.8 Å². The zero-order valence-corrected chi connectivity index (χ0v) is 18.7. The van der Waals surface area contributed by atoms with E-state index in [1.165, 1.54) is 24.3 Å².